The first-order valence-corrected chi connectivity index (χ1v) is 6.32. The van der Waals surface area contributed by atoms with Crippen molar-refractivity contribution in [2.75, 3.05) is 0 Å². The number of carbonyl (C=O) groups excluding carboxylic acids is 1. The highest BCUT2D eigenvalue weighted by Gasteiger charge is 2.07. The van der Waals surface area contributed by atoms with Gasteiger partial charge in [0.05, 0.1) is 5.56 Å². The van der Waals surface area contributed by atoms with Gasteiger partial charge in [0.15, 0.2) is 5.78 Å². The van der Waals surface area contributed by atoms with E-state index in [2.05, 4.69) is 6.92 Å². The monoisotopic (exact) mass is 222 g/mol. The molecule has 0 aliphatic carbocycles. The second kappa shape index (κ2) is 7.26. The van der Waals surface area contributed by atoms with Crippen LogP contribution in [0.3, 0.4) is 0 Å². The average Bonchev–Trinajstić information content (AvgIpc) is 2.70. The van der Waals surface area contributed by atoms with E-state index in [0.29, 0.717) is 6.42 Å². The summed E-state index contributed by atoms with van der Waals surface area (Å²) in [4.78, 5) is 11.7. The number of Topliss-reactive ketones (excluding diaryl/α,β-unsaturated/α-hetero) is 1. The first kappa shape index (κ1) is 13.0. The molecule has 0 saturated heterocycles. The minimum absolute atomic E-state index is 0.215. The maximum absolute atomic E-state index is 11.7. The van der Waals surface area contributed by atoms with Crippen LogP contribution < -0.4 is 0 Å². The summed E-state index contributed by atoms with van der Waals surface area (Å²) in [5.41, 5.74) is 0.728. The maximum atomic E-state index is 11.7. The third-order valence-corrected chi connectivity index (χ3v) is 2.81. The molecule has 0 aromatic carbocycles. The molecule has 0 spiro atoms. The van der Waals surface area contributed by atoms with Crippen molar-refractivity contribution in [2.45, 2.75) is 58.8 Å². The Hall–Kier alpha value is -1.05. The molecule has 2 nitrogen and oxygen atoms in total. The Balaban J connectivity index is 2.11. The van der Waals surface area contributed by atoms with Crippen LogP contribution in [0.2, 0.25) is 0 Å². The predicted molar refractivity (Wildman–Crippen MR) is 65.8 cm³/mol. The standard InChI is InChI=1S/C14H22O2/c1-3-4-5-6-7-8-9-14(15)13-10-12(2)16-11-13/h10-11H,3-9H2,1-2H3. The topological polar surface area (TPSA) is 30.2 Å². The lowest BCUT2D eigenvalue weighted by molar-refractivity contribution is 0.0978. The first-order chi connectivity index (χ1) is 7.74. The summed E-state index contributed by atoms with van der Waals surface area (Å²) in [5.74, 6) is 1.03. The Morgan fingerprint density at radius 2 is 1.88 bits per heavy atom. The Morgan fingerprint density at radius 3 is 2.50 bits per heavy atom. The Kier molecular flexibility index (Phi) is 5.91. The van der Waals surface area contributed by atoms with Crippen LogP contribution in [0.5, 0.6) is 0 Å². The summed E-state index contributed by atoms with van der Waals surface area (Å²) < 4.78 is 5.12. The molecule has 0 N–H and O–H groups in total. The van der Waals surface area contributed by atoms with Crippen molar-refractivity contribution < 1.29 is 9.21 Å². The van der Waals surface area contributed by atoms with Crippen LogP contribution >= 0.6 is 0 Å². The number of hydrogen-bond donors (Lipinski definition) is 0. The Bertz CT molecular complexity index is 312. The van der Waals surface area contributed by atoms with Gasteiger partial charge in [-0.15, -0.1) is 0 Å². The molecule has 0 aliphatic rings. The van der Waals surface area contributed by atoms with E-state index in [-0.39, 0.29) is 5.78 Å². The van der Waals surface area contributed by atoms with Gasteiger partial charge in [0.1, 0.15) is 12.0 Å². The average molecular weight is 222 g/mol. The summed E-state index contributed by atoms with van der Waals surface area (Å²) in [7, 11) is 0. The fourth-order valence-electron chi connectivity index (χ4n) is 1.80. The second-order valence-electron chi connectivity index (χ2n) is 4.39. The van der Waals surface area contributed by atoms with Crippen LogP contribution in [-0.2, 0) is 0 Å². The maximum Gasteiger partial charge on any atom is 0.166 e. The van der Waals surface area contributed by atoms with Crippen LogP contribution in [0.1, 0.15) is 68.0 Å². The Labute approximate surface area is 98.0 Å². The SMILES string of the molecule is CCCCCCCCC(=O)c1coc(C)c1. The van der Waals surface area contributed by atoms with Crippen LogP contribution in [0, 0.1) is 6.92 Å². The molecule has 1 heterocycles. The number of furan rings is 1. The largest absolute Gasteiger partial charge is 0.469 e. The number of rotatable bonds is 8. The fourth-order valence-corrected chi connectivity index (χ4v) is 1.80. The van der Waals surface area contributed by atoms with Crippen LogP contribution in [-0.4, -0.2) is 5.78 Å². The highest BCUT2D eigenvalue weighted by molar-refractivity contribution is 5.95. The lowest BCUT2D eigenvalue weighted by Gasteiger charge is -1.99. The number of carbonyl (C=O) groups is 1. The number of unbranched alkanes of at least 4 members (excludes halogenated alkanes) is 5. The van der Waals surface area contributed by atoms with Crippen molar-refractivity contribution in [3.05, 3.63) is 23.7 Å². The molecule has 1 aromatic heterocycles. The predicted octanol–water partition coefficient (Wildman–Crippen LogP) is 4.52. The molecular formula is C14H22O2. The van der Waals surface area contributed by atoms with Crippen molar-refractivity contribution in [3.63, 3.8) is 0 Å². The summed E-state index contributed by atoms with van der Waals surface area (Å²) in [6.45, 7) is 4.08. The van der Waals surface area contributed by atoms with Gasteiger partial charge in [-0.05, 0) is 19.4 Å². The van der Waals surface area contributed by atoms with Crippen molar-refractivity contribution in [2.24, 2.45) is 0 Å². The van der Waals surface area contributed by atoms with E-state index in [9.17, 15) is 4.79 Å². The van der Waals surface area contributed by atoms with Gasteiger partial charge in [0, 0.05) is 6.42 Å². The molecule has 0 fully saturated rings. The molecule has 0 saturated carbocycles. The van der Waals surface area contributed by atoms with Crippen molar-refractivity contribution in [1.82, 2.24) is 0 Å². The number of ketones is 1. The van der Waals surface area contributed by atoms with Gasteiger partial charge in [-0.1, -0.05) is 39.0 Å². The minimum Gasteiger partial charge on any atom is -0.469 e. The third-order valence-electron chi connectivity index (χ3n) is 2.81. The van der Waals surface area contributed by atoms with Gasteiger partial charge in [0.25, 0.3) is 0 Å². The fraction of sp³-hybridized carbons (Fsp3) is 0.643. The summed E-state index contributed by atoms with van der Waals surface area (Å²) >= 11 is 0. The van der Waals surface area contributed by atoms with E-state index in [1.165, 1.54) is 32.1 Å². The first-order valence-electron chi connectivity index (χ1n) is 6.32. The van der Waals surface area contributed by atoms with Gasteiger partial charge in [-0.3, -0.25) is 4.79 Å². The molecule has 0 amide bonds. The second-order valence-corrected chi connectivity index (χ2v) is 4.39. The number of hydrogen-bond acceptors (Lipinski definition) is 2. The van der Waals surface area contributed by atoms with E-state index in [1.807, 2.05) is 13.0 Å². The molecule has 0 unspecified atom stereocenters. The molecule has 0 atom stereocenters. The zero-order chi connectivity index (χ0) is 11.8. The van der Waals surface area contributed by atoms with Crippen molar-refractivity contribution in [1.29, 1.82) is 0 Å². The van der Waals surface area contributed by atoms with Crippen LogP contribution in [0.25, 0.3) is 0 Å². The quantitative estimate of drug-likeness (QED) is 0.478. The molecule has 1 aromatic rings. The summed E-state index contributed by atoms with van der Waals surface area (Å²) in [6.07, 6.45) is 9.54. The van der Waals surface area contributed by atoms with E-state index >= 15 is 0 Å². The highest BCUT2D eigenvalue weighted by atomic mass is 16.3. The van der Waals surface area contributed by atoms with Gasteiger partial charge in [-0.2, -0.15) is 0 Å². The molecule has 0 radical (unpaired) electrons. The molecule has 0 aliphatic heterocycles. The van der Waals surface area contributed by atoms with E-state index in [0.717, 1.165) is 17.7 Å². The molecule has 90 valence electrons. The van der Waals surface area contributed by atoms with E-state index in [4.69, 9.17) is 4.42 Å². The Morgan fingerprint density at radius 1 is 1.19 bits per heavy atom. The van der Waals surface area contributed by atoms with Crippen LogP contribution in [0.4, 0.5) is 0 Å². The lowest BCUT2D eigenvalue weighted by atomic mass is 10.1. The van der Waals surface area contributed by atoms with Gasteiger partial charge < -0.3 is 4.42 Å². The highest BCUT2D eigenvalue weighted by Crippen LogP contribution is 2.12. The normalized spacial score (nSPS) is 10.6. The van der Waals surface area contributed by atoms with Gasteiger partial charge >= 0.3 is 0 Å². The smallest absolute Gasteiger partial charge is 0.166 e. The third kappa shape index (κ3) is 4.65. The van der Waals surface area contributed by atoms with Gasteiger partial charge in [-0.25, -0.2) is 0 Å². The molecule has 2 heteroatoms. The summed E-state index contributed by atoms with van der Waals surface area (Å²) in [5, 5.41) is 0. The van der Waals surface area contributed by atoms with Crippen molar-refractivity contribution >= 4 is 5.78 Å². The molecule has 16 heavy (non-hydrogen) atoms. The van der Waals surface area contributed by atoms with Gasteiger partial charge in [0.2, 0.25) is 0 Å². The lowest BCUT2D eigenvalue weighted by Crippen LogP contribution is -1.96. The zero-order valence-electron chi connectivity index (χ0n) is 10.4. The van der Waals surface area contributed by atoms with Crippen LogP contribution in [0.15, 0.2) is 16.7 Å². The molecular weight excluding hydrogens is 200 g/mol. The number of aryl methyl sites for hydroxylation is 1. The molecule has 0 bridgehead atoms. The zero-order valence-corrected chi connectivity index (χ0v) is 10.4. The minimum atomic E-state index is 0.215. The van der Waals surface area contributed by atoms with E-state index in [1.54, 1.807) is 6.26 Å². The van der Waals surface area contributed by atoms with Crippen molar-refractivity contribution in [3.8, 4) is 0 Å². The molecule has 1 rings (SSSR count). The van der Waals surface area contributed by atoms with E-state index < -0.39 is 0 Å². The summed E-state index contributed by atoms with van der Waals surface area (Å²) in [6, 6.07) is 1.82.